The van der Waals surface area contributed by atoms with Gasteiger partial charge in [-0.1, -0.05) is 115 Å². The van der Waals surface area contributed by atoms with Gasteiger partial charge >= 0.3 is 0 Å². The van der Waals surface area contributed by atoms with E-state index < -0.39 is 20.0 Å². The lowest BCUT2D eigenvalue weighted by molar-refractivity contribution is -0.870. The third-order valence-electron chi connectivity index (χ3n) is 7.66. The van der Waals surface area contributed by atoms with Crippen molar-refractivity contribution in [2.75, 3.05) is 40.9 Å². The number of aliphatic hydroxyl groups excluding tert-OH is 1. The molecule has 3 atom stereocenters. The molecule has 2 N–H and O–H groups in total. The second-order valence-corrected chi connectivity index (χ2v) is 14.6. The van der Waals surface area contributed by atoms with Crippen molar-refractivity contribution in [3.8, 4) is 0 Å². The first-order chi connectivity index (χ1) is 21.0. The van der Waals surface area contributed by atoms with Gasteiger partial charge in [-0.25, -0.2) is 0 Å². The fourth-order valence-electron chi connectivity index (χ4n) is 4.73. The van der Waals surface area contributed by atoms with Gasteiger partial charge in [-0.3, -0.25) is 9.36 Å². The molecule has 44 heavy (non-hydrogen) atoms. The topological polar surface area (TPSA) is 108 Å². The van der Waals surface area contributed by atoms with Crippen LogP contribution < -0.4 is 10.2 Å². The molecule has 0 aromatic rings. The Balaban J connectivity index is 4.40. The quantitative estimate of drug-likeness (QED) is 0.0343. The number of phosphoric acid groups is 1. The molecule has 0 bridgehead atoms. The van der Waals surface area contributed by atoms with Crippen LogP contribution in [0.5, 0.6) is 0 Å². The molecule has 0 saturated carbocycles. The number of carbonyl (C=O) groups excluding carboxylic acids is 1. The molecule has 8 nitrogen and oxygen atoms in total. The van der Waals surface area contributed by atoms with Crippen LogP contribution in [0.1, 0.15) is 142 Å². The zero-order valence-electron chi connectivity index (χ0n) is 29.1. The fraction of sp³-hybridized carbons (Fsp3) is 0.857. The Morgan fingerprint density at radius 3 is 1.80 bits per heavy atom. The average Bonchev–Trinajstić information content (AvgIpc) is 2.95. The zero-order valence-corrected chi connectivity index (χ0v) is 30.0. The molecule has 0 aliphatic heterocycles. The summed E-state index contributed by atoms with van der Waals surface area (Å²) in [4.78, 5) is 25.0. The number of allylic oxidation sites excluding steroid dienone is 3. The van der Waals surface area contributed by atoms with Crippen LogP contribution in [0.4, 0.5) is 0 Å². The predicted molar refractivity (Wildman–Crippen MR) is 182 cm³/mol. The van der Waals surface area contributed by atoms with Crippen LogP contribution in [0.2, 0.25) is 0 Å². The van der Waals surface area contributed by atoms with Crippen LogP contribution in [0.25, 0.3) is 0 Å². The van der Waals surface area contributed by atoms with Crippen LogP contribution in [0.3, 0.4) is 0 Å². The number of likely N-dealkylation sites (N-methyl/N-ethyl adjacent to an activating group) is 1. The van der Waals surface area contributed by atoms with Crippen molar-refractivity contribution < 1.29 is 32.9 Å². The SMILES string of the molecule is CCCCCC/C=C/C(O)C(COP(=O)([O-])OCC[N+](C)(C)C)NC(=O)CCCCCCC/C=C\CCCCCCCCC. The molecule has 0 rings (SSSR count). The number of carbonyl (C=O) groups is 1. The van der Waals surface area contributed by atoms with Gasteiger partial charge in [0, 0.05) is 6.42 Å². The van der Waals surface area contributed by atoms with Gasteiger partial charge in [-0.15, -0.1) is 0 Å². The van der Waals surface area contributed by atoms with Crippen molar-refractivity contribution in [1.82, 2.24) is 5.32 Å². The Bertz CT molecular complexity index is 784. The monoisotopic (exact) mass is 644 g/mol. The summed E-state index contributed by atoms with van der Waals surface area (Å²) in [6, 6.07) is -0.883. The van der Waals surface area contributed by atoms with E-state index in [0.29, 0.717) is 17.4 Å². The average molecular weight is 645 g/mol. The number of amides is 1. The summed E-state index contributed by atoms with van der Waals surface area (Å²) in [5.41, 5.74) is 0. The largest absolute Gasteiger partial charge is 0.756 e. The molecule has 9 heteroatoms. The van der Waals surface area contributed by atoms with Crippen LogP contribution in [-0.4, -0.2) is 68.5 Å². The lowest BCUT2D eigenvalue weighted by Gasteiger charge is -2.29. The van der Waals surface area contributed by atoms with Crippen molar-refractivity contribution in [2.45, 2.75) is 154 Å². The summed E-state index contributed by atoms with van der Waals surface area (Å²) < 4.78 is 22.9. The molecule has 0 aromatic carbocycles. The minimum atomic E-state index is -4.57. The van der Waals surface area contributed by atoms with E-state index in [1.165, 1.54) is 64.2 Å². The molecule has 0 heterocycles. The summed E-state index contributed by atoms with van der Waals surface area (Å²) >= 11 is 0. The molecule has 0 aliphatic carbocycles. The standard InChI is InChI=1S/C35H69N2O6P/c1-6-8-10-12-14-15-16-17-18-19-20-21-22-23-25-27-29-35(39)36-33(34(38)28-26-24-13-11-9-7-2)32-43-44(40,41)42-31-30-37(3,4)5/h18-19,26,28,33-34,38H,6-17,20-25,27,29-32H2,1-5H3,(H-,36,39,40,41)/b19-18-,28-26+. The number of hydrogen-bond donors (Lipinski definition) is 2. The first-order valence-electron chi connectivity index (χ1n) is 17.7. The molecule has 260 valence electrons. The molecule has 0 spiro atoms. The van der Waals surface area contributed by atoms with E-state index in [4.69, 9.17) is 9.05 Å². The Hall–Kier alpha value is -1.02. The number of quaternary nitrogens is 1. The van der Waals surface area contributed by atoms with Crippen LogP contribution in [-0.2, 0) is 18.4 Å². The minimum Gasteiger partial charge on any atom is -0.756 e. The van der Waals surface area contributed by atoms with Crippen molar-refractivity contribution in [3.05, 3.63) is 24.3 Å². The van der Waals surface area contributed by atoms with Crippen LogP contribution in [0.15, 0.2) is 24.3 Å². The van der Waals surface area contributed by atoms with Crippen LogP contribution >= 0.6 is 7.82 Å². The van der Waals surface area contributed by atoms with Gasteiger partial charge in [0.1, 0.15) is 13.2 Å². The smallest absolute Gasteiger partial charge is 0.268 e. The molecule has 0 radical (unpaired) electrons. The first-order valence-corrected chi connectivity index (χ1v) is 19.2. The molecule has 0 fully saturated rings. The number of aliphatic hydroxyl groups is 1. The summed E-state index contributed by atoms with van der Waals surface area (Å²) in [5.74, 6) is -0.214. The lowest BCUT2D eigenvalue weighted by atomic mass is 10.1. The maximum absolute atomic E-state index is 12.7. The highest BCUT2D eigenvalue weighted by atomic mass is 31.2. The van der Waals surface area contributed by atoms with E-state index in [9.17, 15) is 19.4 Å². The molecular weight excluding hydrogens is 575 g/mol. The van der Waals surface area contributed by atoms with E-state index in [-0.39, 0.29) is 19.1 Å². The highest BCUT2D eigenvalue weighted by Gasteiger charge is 2.23. The third-order valence-corrected chi connectivity index (χ3v) is 8.62. The van der Waals surface area contributed by atoms with Crippen LogP contribution in [0, 0.1) is 0 Å². The van der Waals surface area contributed by atoms with Crippen molar-refractivity contribution in [3.63, 3.8) is 0 Å². The second kappa shape index (κ2) is 28.2. The highest BCUT2D eigenvalue weighted by molar-refractivity contribution is 7.45. The number of rotatable bonds is 31. The molecular formula is C35H69N2O6P. The Kier molecular flexibility index (Phi) is 27.6. The molecule has 1 amide bonds. The number of nitrogens with zero attached hydrogens (tertiary/aromatic N) is 1. The molecule has 0 saturated heterocycles. The van der Waals surface area contributed by atoms with Gasteiger partial charge < -0.3 is 28.8 Å². The predicted octanol–water partition coefficient (Wildman–Crippen LogP) is 7.99. The number of unbranched alkanes of at least 4 members (excludes halogenated alkanes) is 16. The molecule has 0 aliphatic rings. The van der Waals surface area contributed by atoms with Gasteiger partial charge in [0.15, 0.2) is 0 Å². The minimum absolute atomic E-state index is 0.00292. The van der Waals surface area contributed by atoms with E-state index in [1.54, 1.807) is 6.08 Å². The van der Waals surface area contributed by atoms with Gasteiger partial charge in [-0.2, -0.15) is 0 Å². The number of phosphoric ester groups is 1. The van der Waals surface area contributed by atoms with E-state index in [2.05, 4.69) is 31.3 Å². The Morgan fingerprint density at radius 1 is 0.773 bits per heavy atom. The second-order valence-electron chi connectivity index (χ2n) is 13.2. The number of nitrogens with one attached hydrogen (secondary N) is 1. The molecule has 3 unspecified atom stereocenters. The van der Waals surface area contributed by atoms with E-state index in [1.807, 2.05) is 27.2 Å². The third kappa shape index (κ3) is 29.7. The Labute approximate surface area is 271 Å². The van der Waals surface area contributed by atoms with Gasteiger partial charge in [0.2, 0.25) is 5.91 Å². The summed E-state index contributed by atoms with van der Waals surface area (Å²) in [6.45, 7) is 4.52. The van der Waals surface area contributed by atoms with Gasteiger partial charge in [0.25, 0.3) is 7.82 Å². The summed E-state index contributed by atoms with van der Waals surface area (Å²) in [7, 11) is 1.25. The maximum atomic E-state index is 12.7. The maximum Gasteiger partial charge on any atom is 0.268 e. The van der Waals surface area contributed by atoms with Gasteiger partial charge in [-0.05, 0) is 44.9 Å². The summed E-state index contributed by atoms with van der Waals surface area (Å²) in [6.07, 6.45) is 29.6. The van der Waals surface area contributed by atoms with Gasteiger partial charge in [0.05, 0.1) is 39.9 Å². The first kappa shape index (κ1) is 43.0. The van der Waals surface area contributed by atoms with E-state index >= 15 is 0 Å². The fourth-order valence-corrected chi connectivity index (χ4v) is 5.45. The zero-order chi connectivity index (χ0) is 32.9. The normalized spacial score (nSPS) is 15.2. The number of hydrogen-bond acceptors (Lipinski definition) is 6. The van der Waals surface area contributed by atoms with Crippen molar-refractivity contribution in [2.24, 2.45) is 0 Å². The van der Waals surface area contributed by atoms with Crippen molar-refractivity contribution >= 4 is 13.7 Å². The highest BCUT2D eigenvalue weighted by Crippen LogP contribution is 2.38. The Morgan fingerprint density at radius 2 is 1.25 bits per heavy atom. The van der Waals surface area contributed by atoms with E-state index in [0.717, 1.165) is 57.8 Å². The lowest BCUT2D eigenvalue weighted by Crippen LogP contribution is -2.45. The van der Waals surface area contributed by atoms with Crippen molar-refractivity contribution in [1.29, 1.82) is 0 Å². The summed E-state index contributed by atoms with van der Waals surface area (Å²) in [5, 5.41) is 13.5. The molecule has 0 aromatic heterocycles.